The number of alkyl halides is 3. The molecule has 700 valence electrons. The number of carbonyl (C=O) groups excluding carboxylic acids is 13. The molecule has 8 aliphatic heterocycles. The van der Waals surface area contributed by atoms with Gasteiger partial charge in [0, 0.05) is 108 Å². The van der Waals surface area contributed by atoms with Crippen LogP contribution in [-0.4, -0.2) is 296 Å². The van der Waals surface area contributed by atoms with Crippen LogP contribution in [0.5, 0.6) is 5.75 Å². The third kappa shape index (κ3) is 26.3. The zero-order valence-corrected chi connectivity index (χ0v) is 73.3. The summed E-state index contributed by atoms with van der Waals surface area (Å²) in [7, 11) is 4.57. The number of nitrogens with one attached hydrogen (secondary N) is 9. The monoisotopic (exact) mass is 1800 g/mol. The fourth-order valence-electron chi connectivity index (χ4n) is 17.3. The Kier molecular flexibility index (Phi) is 33.3. The number of benzene rings is 4. The van der Waals surface area contributed by atoms with Crippen molar-refractivity contribution >= 4 is 87.8 Å². The van der Waals surface area contributed by atoms with Crippen LogP contribution in [0.4, 0.5) is 17.6 Å². The lowest BCUT2D eigenvalue weighted by atomic mass is 9.96. The molecule has 10 N–H and O–H groups in total. The lowest BCUT2D eigenvalue weighted by Crippen LogP contribution is -2.64. The number of ether oxygens (including phenoxy) is 6. The number of aliphatic hydroxyl groups is 1. The van der Waals surface area contributed by atoms with E-state index < -0.39 is 201 Å². The zero-order valence-electron chi connectivity index (χ0n) is 73.3. The molecule has 0 spiro atoms. The van der Waals surface area contributed by atoms with Crippen LogP contribution in [0, 0.1) is 5.82 Å². The van der Waals surface area contributed by atoms with Crippen LogP contribution in [0.25, 0.3) is 10.9 Å². The van der Waals surface area contributed by atoms with Gasteiger partial charge in [-0.15, -0.1) is 0 Å². The number of hydrogen-bond acceptors (Lipinski definition) is 21. The van der Waals surface area contributed by atoms with Crippen molar-refractivity contribution in [3.63, 3.8) is 0 Å². The summed E-state index contributed by atoms with van der Waals surface area (Å²) in [5.74, 6) is -12.1. The Bertz CT molecular complexity index is 4850. The Hall–Kier alpha value is -11.2. The van der Waals surface area contributed by atoms with E-state index in [2.05, 4.69) is 52.6 Å². The average Bonchev–Trinajstić information content (AvgIpc) is 1.59. The lowest BCUT2D eigenvalue weighted by molar-refractivity contribution is -0.907. The number of aliphatic hydroxyl groups excluding tert-OH is 1. The molecule has 0 saturated carbocycles. The van der Waals surface area contributed by atoms with E-state index in [1.165, 1.54) is 40.3 Å². The van der Waals surface area contributed by atoms with Crippen LogP contribution in [0.3, 0.4) is 0 Å². The number of rotatable bonds is 15. The van der Waals surface area contributed by atoms with Crippen LogP contribution < -0.4 is 52.6 Å². The Morgan fingerprint density at radius 1 is 0.659 bits per heavy atom. The predicted molar refractivity (Wildman–Crippen MR) is 456 cm³/mol. The largest absolute Gasteiger partial charge is 0.497 e. The summed E-state index contributed by atoms with van der Waals surface area (Å²) in [4.78, 5) is 199. The number of epoxide rings is 1. The highest BCUT2D eigenvalue weighted by Crippen LogP contribution is 2.41. The molecule has 129 heavy (non-hydrogen) atoms. The molecule has 2 unspecified atom stereocenters. The van der Waals surface area contributed by atoms with Gasteiger partial charge in [-0.3, -0.25) is 66.9 Å². The van der Waals surface area contributed by atoms with E-state index in [1.54, 1.807) is 53.6 Å². The van der Waals surface area contributed by atoms with Crippen molar-refractivity contribution in [3.05, 3.63) is 136 Å². The topological polar surface area (TPSA) is 427 Å². The molecule has 0 radical (unpaired) electrons. The zero-order chi connectivity index (χ0) is 92.3. The van der Waals surface area contributed by atoms with E-state index in [-0.39, 0.29) is 121 Å². The number of methoxy groups -OCH3 is 1. The highest BCUT2D eigenvalue weighted by molar-refractivity contribution is 6.00. The normalized spacial score (nSPS) is 25.8. The van der Waals surface area contributed by atoms with Gasteiger partial charge >= 0.3 is 12.1 Å². The van der Waals surface area contributed by atoms with Crippen molar-refractivity contribution in [1.29, 1.82) is 0 Å². The Morgan fingerprint density at radius 3 is 2.12 bits per heavy atom. The van der Waals surface area contributed by atoms with Gasteiger partial charge < -0.3 is 101 Å². The molecular formula is C90H118F4N15O20+. The van der Waals surface area contributed by atoms with Gasteiger partial charge in [-0.05, 0) is 135 Å². The Labute approximate surface area is 744 Å². The first-order valence-corrected chi connectivity index (χ1v) is 44.2. The molecule has 12 amide bonds. The van der Waals surface area contributed by atoms with Gasteiger partial charge in [0.2, 0.25) is 71.7 Å². The van der Waals surface area contributed by atoms with Gasteiger partial charge in [-0.1, -0.05) is 73.5 Å². The summed E-state index contributed by atoms with van der Waals surface area (Å²) in [5, 5.41) is 37.5. The van der Waals surface area contributed by atoms with Gasteiger partial charge in [-0.25, -0.2) is 9.18 Å². The van der Waals surface area contributed by atoms with Crippen LogP contribution >= 0.6 is 0 Å². The first-order valence-electron chi connectivity index (χ1n) is 44.2. The van der Waals surface area contributed by atoms with E-state index >= 15 is 33.2 Å². The summed E-state index contributed by atoms with van der Waals surface area (Å²) in [5.41, 5.74) is 3.01. The molecule has 8 aliphatic rings. The molecule has 39 heteroatoms. The molecule has 4 aromatic carbocycles. The van der Waals surface area contributed by atoms with Crippen LogP contribution in [-0.2, 0) is 131 Å². The quantitative estimate of drug-likeness (QED) is 0.0179. The second-order valence-electron chi connectivity index (χ2n) is 34.8. The van der Waals surface area contributed by atoms with Crippen molar-refractivity contribution in [2.24, 2.45) is 0 Å². The minimum absolute atomic E-state index is 0.00648. The second-order valence-corrected chi connectivity index (χ2v) is 34.8. The number of halogens is 4. The predicted octanol–water partition coefficient (Wildman–Crippen LogP) is 2.01. The average molecular weight is 1810 g/mol. The van der Waals surface area contributed by atoms with Gasteiger partial charge in [-0.2, -0.15) is 13.2 Å². The number of likely N-dealkylation sites (N-methyl/N-ethyl adjacent to an activating group) is 1. The summed E-state index contributed by atoms with van der Waals surface area (Å²) in [6.45, 7) is 1.53. The molecule has 4 saturated heterocycles. The minimum atomic E-state index is -5.18. The fraction of sp³-hybridized carbons (Fsp3) is 0.567. The van der Waals surface area contributed by atoms with Gasteiger partial charge in [0.05, 0.1) is 77.8 Å². The summed E-state index contributed by atoms with van der Waals surface area (Å²) < 4.78 is 90.4. The third-order valence-electron chi connectivity index (χ3n) is 24.6. The molecule has 1 aromatic heterocycles. The number of aryl methyl sites for hydroxylation is 1. The standard InChI is InChI=1S/C90H117F4N15O20/c1-55(110)76-82(118)98-65(45-57-21-24-63(124-5)25-22-57)78-86(129-78)108-37-13-32-89(108,2)87(122)95-33-29-56-17-19-58(20-18-56)51-105-35-10-7-6-9-34-104-52-61(64-48-62(91)23-26-69(64)104)47-67-85(121)107-38-30-70(77(107)83(119)103-76)127-53-73(113)96-49-60-15-12-14-59(44-60)46-66(80(116)100-67)99-81(117)68-50-97-71(111)16-8-11-36-106(79(84(120)101-68)102-72(112)27-28-74(105)114)75(115)31-40-125-42-43-126-41-39-109(3,4)54-128-88(123)90(92,93)94/h12,14-15,17-26,44,48,52,55,65-68,70,76-79,86,110H,6-11,13,16,27-43,45-47,49-51,53-54H2,1-5H3,(H8-,95,96,97,98,99,100,101,102,103,111,112,113,116,117,118,119,120,122)/p+1/t55-,65+,66+,67+,68-,70+,76+,77+,78+,79?,86?,89+/m1/s1. The molecular weight excluding hydrogens is 1690 g/mol. The number of amides is 12. The second kappa shape index (κ2) is 44.4. The lowest BCUT2D eigenvalue weighted by Gasteiger charge is -2.34. The van der Waals surface area contributed by atoms with Crippen molar-refractivity contribution in [2.45, 2.75) is 221 Å². The maximum atomic E-state index is 16.4. The molecule has 9 heterocycles. The van der Waals surface area contributed by atoms with E-state index in [0.717, 1.165) is 26.5 Å². The number of quaternary nitrogens is 1. The van der Waals surface area contributed by atoms with Crippen molar-refractivity contribution in [2.75, 3.05) is 107 Å². The summed E-state index contributed by atoms with van der Waals surface area (Å²) in [6.07, 6.45) is -8.19. The van der Waals surface area contributed by atoms with Crippen molar-refractivity contribution in [1.82, 2.24) is 72.0 Å². The number of esters is 1. The highest BCUT2D eigenvalue weighted by Gasteiger charge is 2.58. The van der Waals surface area contributed by atoms with Gasteiger partial charge in [0.15, 0.2) is 6.17 Å². The fourth-order valence-corrected chi connectivity index (χ4v) is 17.3. The minimum Gasteiger partial charge on any atom is -0.497 e. The number of hydrogen-bond donors (Lipinski definition) is 10. The van der Waals surface area contributed by atoms with E-state index in [9.17, 15) is 51.8 Å². The first-order chi connectivity index (χ1) is 61.7. The molecule has 12 atom stereocenters. The number of aromatic nitrogens is 1. The van der Waals surface area contributed by atoms with Crippen molar-refractivity contribution in [3.8, 4) is 5.75 Å². The molecule has 4 fully saturated rings. The molecule has 14 bridgehead atoms. The van der Waals surface area contributed by atoms with Crippen LogP contribution in [0.1, 0.15) is 131 Å². The molecule has 5 aromatic rings. The summed E-state index contributed by atoms with van der Waals surface area (Å²) in [6, 6.07) is 15.7. The van der Waals surface area contributed by atoms with Crippen LogP contribution in [0.15, 0.2) is 97.2 Å². The number of nitrogens with zero attached hydrogens (tertiary/aromatic N) is 6. The Balaban J connectivity index is 0.921. The summed E-state index contributed by atoms with van der Waals surface area (Å²) >= 11 is 0. The number of carbonyl (C=O) groups is 13. The first kappa shape index (κ1) is 96.8. The van der Waals surface area contributed by atoms with Crippen molar-refractivity contribution < 1.29 is 118 Å². The smallest absolute Gasteiger partial charge is 0.491 e. The SMILES string of the molecule is COc1ccc(C[C@@H]2NC(=O)[C@H]([C@@H](C)O)NC(=O)[C@@H]3[C@@H]4CCN3C(=O)[C@@H]3Cc5cn(c6ccc(F)cc56)CCCCCCN(Cc5ccc(cc5)CCNC(=O)[C@]5(C)CCCN5C5O[C@H]52)C(=O)CCC(=O)NC2C(=O)N[C@H](CNC(=O)CCCCN2C(=O)CCOCCOCC[N+](C)(C)COC(=O)C(F)(F)F)C(=O)N[C@@H](Cc2cccc(c2)CNC(=O)CO4)C(=O)N3)cc1. The number of fused-ring (bicyclic) bond motifs is 18. The molecule has 0 aliphatic carbocycles. The highest BCUT2D eigenvalue weighted by atomic mass is 19.4. The van der Waals surface area contributed by atoms with Gasteiger partial charge in [0.25, 0.3) is 5.91 Å². The van der Waals surface area contributed by atoms with Gasteiger partial charge in [0.1, 0.15) is 67.3 Å². The third-order valence-corrected chi connectivity index (χ3v) is 24.6. The Morgan fingerprint density at radius 2 is 1.37 bits per heavy atom. The van der Waals surface area contributed by atoms with E-state index in [0.29, 0.717) is 91.4 Å². The molecule has 35 nitrogen and oxygen atoms in total. The van der Waals surface area contributed by atoms with E-state index in [1.807, 2.05) is 52.8 Å². The maximum Gasteiger partial charge on any atom is 0.491 e. The van der Waals surface area contributed by atoms with Crippen LogP contribution in [0.2, 0.25) is 0 Å². The molecule has 13 rings (SSSR count). The maximum absolute atomic E-state index is 16.4. The van der Waals surface area contributed by atoms with E-state index in [4.69, 9.17) is 23.7 Å².